The highest BCUT2D eigenvalue weighted by Gasteiger charge is 2.14. The smallest absolute Gasteiger partial charge is 0.145 e. The highest BCUT2D eigenvalue weighted by molar-refractivity contribution is 6.43. The third-order valence-corrected chi connectivity index (χ3v) is 5.77. The van der Waals surface area contributed by atoms with E-state index in [-0.39, 0.29) is 0 Å². The summed E-state index contributed by atoms with van der Waals surface area (Å²) < 4.78 is 2.19. The van der Waals surface area contributed by atoms with E-state index in [1.54, 1.807) is 6.07 Å². The Hall–Kier alpha value is -3.27. The van der Waals surface area contributed by atoms with Gasteiger partial charge in [-0.05, 0) is 60.7 Å². The van der Waals surface area contributed by atoms with Crippen LogP contribution in [-0.4, -0.2) is 9.55 Å². The minimum absolute atomic E-state index is 0.508. The third kappa shape index (κ3) is 3.43. The van der Waals surface area contributed by atoms with E-state index < -0.39 is 0 Å². The zero-order valence-corrected chi connectivity index (χ0v) is 17.4. The molecule has 0 atom stereocenters. The summed E-state index contributed by atoms with van der Waals surface area (Å²) in [6.45, 7) is 0. The normalized spacial score (nSPS) is 11.0. The standard InChI is InChI=1S/C25H17Cl2N3/c26-20-9-6-11-22(24(20)27)28-18-15-13-17(14-16-18)25-29-21-10-4-5-12-23(21)30(25)19-7-2-1-3-8-19/h1-16,28H. The highest BCUT2D eigenvalue weighted by Crippen LogP contribution is 2.33. The van der Waals surface area contributed by atoms with Crippen LogP contribution in [-0.2, 0) is 0 Å². The van der Waals surface area contributed by atoms with Gasteiger partial charge in [0.1, 0.15) is 5.82 Å². The average molecular weight is 430 g/mol. The number of imidazole rings is 1. The molecule has 30 heavy (non-hydrogen) atoms. The van der Waals surface area contributed by atoms with Crippen molar-refractivity contribution in [2.45, 2.75) is 0 Å². The number of nitrogens with zero attached hydrogens (tertiary/aromatic N) is 2. The molecule has 146 valence electrons. The average Bonchev–Trinajstić information content (AvgIpc) is 3.18. The number of benzene rings is 4. The van der Waals surface area contributed by atoms with Crippen LogP contribution in [0.15, 0.2) is 97.1 Å². The van der Waals surface area contributed by atoms with Crippen LogP contribution in [0.1, 0.15) is 0 Å². The molecule has 0 saturated carbocycles. The lowest BCUT2D eigenvalue weighted by molar-refractivity contribution is 1.10. The zero-order chi connectivity index (χ0) is 20.5. The molecule has 5 aromatic rings. The minimum Gasteiger partial charge on any atom is -0.354 e. The van der Waals surface area contributed by atoms with Crippen molar-refractivity contribution in [2.75, 3.05) is 5.32 Å². The fraction of sp³-hybridized carbons (Fsp3) is 0. The summed E-state index contributed by atoms with van der Waals surface area (Å²) in [5.74, 6) is 0.898. The first kappa shape index (κ1) is 18.7. The number of halogens is 2. The molecule has 0 radical (unpaired) electrons. The number of hydrogen-bond acceptors (Lipinski definition) is 2. The van der Waals surface area contributed by atoms with Gasteiger partial charge in [-0.1, -0.05) is 59.6 Å². The lowest BCUT2D eigenvalue weighted by Gasteiger charge is -2.12. The highest BCUT2D eigenvalue weighted by atomic mass is 35.5. The maximum atomic E-state index is 6.30. The van der Waals surface area contributed by atoms with Crippen LogP contribution in [0.5, 0.6) is 0 Å². The van der Waals surface area contributed by atoms with E-state index in [9.17, 15) is 0 Å². The Kier molecular flexibility index (Phi) is 4.91. The summed E-state index contributed by atoms with van der Waals surface area (Å²) in [5.41, 5.74) is 5.83. The van der Waals surface area contributed by atoms with Gasteiger partial charge < -0.3 is 5.32 Å². The van der Waals surface area contributed by atoms with Crippen LogP contribution in [0.4, 0.5) is 11.4 Å². The van der Waals surface area contributed by atoms with Crippen molar-refractivity contribution >= 4 is 45.6 Å². The predicted octanol–water partition coefficient (Wildman–Crippen LogP) is 7.74. The van der Waals surface area contributed by atoms with Gasteiger partial charge in [-0.3, -0.25) is 4.57 Å². The van der Waals surface area contributed by atoms with E-state index >= 15 is 0 Å². The summed E-state index contributed by atoms with van der Waals surface area (Å²) in [6, 6.07) is 32.1. The van der Waals surface area contributed by atoms with Crippen molar-refractivity contribution in [1.82, 2.24) is 9.55 Å². The van der Waals surface area contributed by atoms with E-state index in [1.807, 2.05) is 60.7 Å². The molecule has 5 rings (SSSR count). The van der Waals surface area contributed by atoms with Crippen molar-refractivity contribution < 1.29 is 0 Å². The second-order valence-electron chi connectivity index (χ2n) is 6.90. The van der Waals surface area contributed by atoms with Crippen molar-refractivity contribution in [3.05, 3.63) is 107 Å². The third-order valence-electron chi connectivity index (χ3n) is 4.95. The van der Waals surface area contributed by atoms with Crippen LogP contribution >= 0.6 is 23.2 Å². The van der Waals surface area contributed by atoms with Gasteiger partial charge in [0.05, 0.1) is 26.8 Å². The molecule has 0 aliphatic carbocycles. The molecule has 0 aliphatic rings. The van der Waals surface area contributed by atoms with Gasteiger partial charge in [-0.15, -0.1) is 0 Å². The molecule has 4 aromatic carbocycles. The summed E-state index contributed by atoms with van der Waals surface area (Å²) in [6.07, 6.45) is 0. The number of nitrogens with one attached hydrogen (secondary N) is 1. The predicted molar refractivity (Wildman–Crippen MR) is 126 cm³/mol. The van der Waals surface area contributed by atoms with Gasteiger partial charge in [0, 0.05) is 16.9 Å². The van der Waals surface area contributed by atoms with Gasteiger partial charge in [-0.2, -0.15) is 0 Å². The number of fused-ring (bicyclic) bond motifs is 1. The summed E-state index contributed by atoms with van der Waals surface area (Å²) in [5, 5.41) is 4.35. The largest absolute Gasteiger partial charge is 0.354 e. The Bertz CT molecular complexity index is 1330. The second kappa shape index (κ2) is 7.86. The lowest BCUT2D eigenvalue weighted by atomic mass is 10.1. The van der Waals surface area contributed by atoms with Crippen molar-refractivity contribution in [1.29, 1.82) is 0 Å². The number of rotatable bonds is 4. The minimum atomic E-state index is 0.508. The molecule has 0 spiro atoms. The van der Waals surface area contributed by atoms with Crippen LogP contribution in [0.2, 0.25) is 10.0 Å². The molecule has 1 heterocycles. The summed E-state index contributed by atoms with van der Waals surface area (Å²) in [4.78, 5) is 4.90. The maximum absolute atomic E-state index is 6.30. The van der Waals surface area contributed by atoms with E-state index in [2.05, 4.69) is 40.2 Å². The van der Waals surface area contributed by atoms with Crippen molar-refractivity contribution in [3.8, 4) is 17.1 Å². The van der Waals surface area contributed by atoms with E-state index in [4.69, 9.17) is 28.2 Å². The number of para-hydroxylation sites is 3. The van der Waals surface area contributed by atoms with E-state index in [0.717, 1.165) is 39.5 Å². The molecule has 1 aromatic heterocycles. The van der Waals surface area contributed by atoms with Gasteiger partial charge in [0.25, 0.3) is 0 Å². The molecule has 3 nitrogen and oxygen atoms in total. The molecule has 0 amide bonds. The van der Waals surface area contributed by atoms with Gasteiger partial charge in [0.15, 0.2) is 0 Å². The molecule has 0 unspecified atom stereocenters. The Morgan fingerprint density at radius 1 is 0.700 bits per heavy atom. The quantitative estimate of drug-likeness (QED) is 0.316. The van der Waals surface area contributed by atoms with Crippen molar-refractivity contribution in [3.63, 3.8) is 0 Å². The van der Waals surface area contributed by atoms with E-state index in [0.29, 0.717) is 10.0 Å². The monoisotopic (exact) mass is 429 g/mol. The van der Waals surface area contributed by atoms with Crippen LogP contribution in [0.25, 0.3) is 28.1 Å². The Morgan fingerprint density at radius 3 is 2.23 bits per heavy atom. The molecule has 5 heteroatoms. The second-order valence-corrected chi connectivity index (χ2v) is 7.68. The van der Waals surface area contributed by atoms with Gasteiger partial charge in [0.2, 0.25) is 0 Å². The first-order valence-corrected chi connectivity index (χ1v) is 10.3. The Labute approximate surface area is 184 Å². The SMILES string of the molecule is Clc1cccc(Nc2ccc(-c3nc4ccccc4n3-c3ccccc3)cc2)c1Cl. The molecule has 0 bridgehead atoms. The Balaban J connectivity index is 1.56. The zero-order valence-electron chi connectivity index (χ0n) is 15.9. The summed E-state index contributed by atoms with van der Waals surface area (Å²) >= 11 is 12.4. The molecular formula is C25H17Cl2N3. The van der Waals surface area contributed by atoms with Crippen LogP contribution in [0, 0.1) is 0 Å². The number of hydrogen-bond donors (Lipinski definition) is 1. The van der Waals surface area contributed by atoms with Crippen LogP contribution < -0.4 is 5.32 Å². The maximum Gasteiger partial charge on any atom is 0.145 e. The fourth-order valence-electron chi connectivity index (χ4n) is 3.52. The first-order chi connectivity index (χ1) is 14.7. The van der Waals surface area contributed by atoms with Gasteiger partial charge >= 0.3 is 0 Å². The Morgan fingerprint density at radius 2 is 1.43 bits per heavy atom. The van der Waals surface area contributed by atoms with Crippen LogP contribution in [0.3, 0.4) is 0 Å². The fourth-order valence-corrected chi connectivity index (χ4v) is 3.86. The lowest BCUT2D eigenvalue weighted by Crippen LogP contribution is -1.97. The number of anilines is 2. The molecule has 0 fully saturated rings. The topological polar surface area (TPSA) is 29.9 Å². The molecule has 1 N–H and O–H groups in total. The molecule has 0 saturated heterocycles. The van der Waals surface area contributed by atoms with E-state index in [1.165, 1.54) is 0 Å². The van der Waals surface area contributed by atoms with Gasteiger partial charge in [-0.25, -0.2) is 4.98 Å². The number of aromatic nitrogens is 2. The first-order valence-electron chi connectivity index (χ1n) is 9.55. The molecular weight excluding hydrogens is 413 g/mol. The summed E-state index contributed by atoms with van der Waals surface area (Å²) in [7, 11) is 0. The van der Waals surface area contributed by atoms with Crippen molar-refractivity contribution in [2.24, 2.45) is 0 Å². The molecule has 0 aliphatic heterocycles.